The van der Waals surface area contributed by atoms with E-state index in [2.05, 4.69) is 9.97 Å². The van der Waals surface area contributed by atoms with Gasteiger partial charge in [-0.1, -0.05) is 6.07 Å². The zero-order chi connectivity index (χ0) is 18.6. The van der Waals surface area contributed by atoms with Crippen LogP contribution in [0.25, 0.3) is 6.08 Å². The standard InChI is InChI=1S/C19H19N3O5/c1-24-17-9-20-10-18(21-17)27-14-6-7-22(11-14)19(23)5-3-13-2-4-15-16(8-13)26-12-25-15/h2-5,8-10,14H,6-7,11-12H2,1H3/b5-3+/t14-/m1/s1. The van der Waals surface area contributed by atoms with Crippen LogP contribution in [0, 0.1) is 0 Å². The van der Waals surface area contributed by atoms with Gasteiger partial charge in [-0.3, -0.25) is 9.78 Å². The number of nitrogens with zero attached hydrogens (tertiary/aromatic N) is 3. The Balaban J connectivity index is 1.33. The Morgan fingerprint density at radius 3 is 3.00 bits per heavy atom. The van der Waals surface area contributed by atoms with Gasteiger partial charge in [0.15, 0.2) is 11.5 Å². The fraction of sp³-hybridized carbons (Fsp3) is 0.316. The summed E-state index contributed by atoms with van der Waals surface area (Å²) in [6.07, 6.45) is 7.00. The molecule has 2 aromatic rings. The van der Waals surface area contributed by atoms with Gasteiger partial charge < -0.3 is 23.8 Å². The van der Waals surface area contributed by atoms with Crippen LogP contribution in [0.3, 0.4) is 0 Å². The molecule has 1 atom stereocenters. The highest BCUT2D eigenvalue weighted by atomic mass is 16.7. The third kappa shape index (κ3) is 3.94. The Bertz CT molecular complexity index is 870. The number of hydrogen-bond acceptors (Lipinski definition) is 7. The van der Waals surface area contributed by atoms with Gasteiger partial charge in [0.25, 0.3) is 0 Å². The lowest BCUT2D eigenvalue weighted by atomic mass is 10.2. The van der Waals surface area contributed by atoms with Crippen LogP contribution >= 0.6 is 0 Å². The summed E-state index contributed by atoms with van der Waals surface area (Å²) in [7, 11) is 1.52. The summed E-state index contributed by atoms with van der Waals surface area (Å²) in [5.74, 6) is 2.14. The Morgan fingerprint density at radius 1 is 1.26 bits per heavy atom. The number of benzene rings is 1. The molecule has 0 aliphatic carbocycles. The van der Waals surface area contributed by atoms with Crippen LogP contribution in [-0.2, 0) is 4.79 Å². The van der Waals surface area contributed by atoms with Gasteiger partial charge in [0, 0.05) is 19.0 Å². The summed E-state index contributed by atoms with van der Waals surface area (Å²) in [6.45, 7) is 1.36. The van der Waals surface area contributed by atoms with Crippen LogP contribution in [0.1, 0.15) is 12.0 Å². The van der Waals surface area contributed by atoms with Gasteiger partial charge in [-0.15, -0.1) is 0 Å². The summed E-state index contributed by atoms with van der Waals surface area (Å²) in [5, 5.41) is 0. The number of carbonyl (C=O) groups excluding carboxylic acids is 1. The molecule has 8 heteroatoms. The van der Waals surface area contributed by atoms with E-state index in [-0.39, 0.29) is 18.8 Å². The first-order valence-corrected chi connectivity index (χ1v) is 8.60. The highest BCUT2D eigenvalue weighted by Gasteiger charge is 2.27. The van der Waals surface area contributed by atoms with Crippen LogP contribution in [0.5, 0.6) is 23.3 Å². The predicted octanol–water partition coefficient (Wildman–Crippen LogP) is 1.91. The first-order chi connectivity index (χ1) is 13.2. The van der Waals surface area contributed by atoms with Gasteiger partial charge >= 0.3 is 0 Å². The number of ether oxygens (including phenoxy) is 4. The lowest BCUT2D eigenvalue weighted by Gasteiger charge is -2.15. The smallest absolute Gasteiger partial charge is 0.246 e. The number of amides is 1. The molecule has 2 aliphatic rings. The van der Waals surface area contributed by atoms with Crippen LogP contribution in [0.4, 0.5) is 0 Å². The molecule has 1 saturated heterocycles. The predicted molar refractivity (Wildman–Crippen MR) is 95.8 cm³/mol. The molecule has 3 heterocycles. The fourth-order valence-corrected chi connectivity index (χ4v) is 2.97. The second-order valence-electron chi connectivity index (χ2n) is 6.16. The van der Waals surface area contributed by atoms with Crippen molar-refractivity contribution in [1.82, 2.24) is 14.9 Å². The minimum absolute atomic E-state index is 0.0597. The molecule has 1 aromatic heterocycles. The van der Waals surface area contributed by atoms with Crippen molar-refractivity contribution in [2.24, 2.45) is 0 Å². The molecule has 0 unspecified atom stereocenters. The summed E-state index contributed by atoms with van der Waals surface area (Å²) in [4.78, 5) is 22.4. The summed E-state index contributed by atoms with van der Waals surface area (Å²) < 4.78 is 21.5. The maximum absolute atomic E-state index is 12.4. The van der Waals surface area contributed by atoms with Crippen molar-refractivity contribution in [1.29, 1.82) is 0 Å². The van der Waals surface area contributed by atoms with Crippen LogP contribution in [-0.4, -0.2) is 53.9 Å². The molecule has 27 heavy (non-hydrogen) atoms. The van der Waals surface area contributed by atoms with Gasteiger partial charge in [0.1, 0.15) is 6.10 Å². The van der Waals surface area contributed by atoms with E-state index in [0.717, 1.165) is 17.7 Å². The number of aromatic nitrogens is 2. The van der Waals surface area contributed by atoms with Crippen molar-refractivity contribution < 1.29 is 23.7 Å². The lowest BCUT2D eigenvalue weighted by Crippen LogP contribution is -2.29. The zero-order valence-electron chi connectivity index (χ0n) is 14.8. The number of carbonyl (C=O) groups is 1. The van der Waals surface area contributed by atoms with E-state index >= 15 is 0 Å². The maximum atomic E-state index is 12.4. The molecule has 0 bridgehead atoms. The van der Waals surface area contributed by atoms with Gasteiger partial charge in [0.05, 0.1) is 26.0 Å². The van der Waals surface area contributed by atoms with E-state index in [1.54, 1.807) is 17.1 Å². The Kier molecular flexibility index (Phi) is 4.78. The molecule has 2 aliphatic heterocycles. The second kappa shape index (κ2) is 7.53. The average molecular weight is 369 g/mol. The minimum Gasteiger partial charge on any atom is -0.480 e. The molecule has 4 rings (SSSR count). The van der Waals surface area contributed by atoms with Gasteiger partial charge in [0.2, 0.25) is 24.5 Å². The Labute approximate surface area is 156 Å². The summed E-state index contributed by atoms with van der Waals surface area (Å²) in [5.41, 5.74) is 0.881. The molecule has 1 fully saturated rings. The summed E-state index contributed by atoms with van der Waals surface area (Å²) in [6, 6.07) is 5.57. The molecule has 0 radical (unpaired) electrons. The van der Waals surface area contributed by atoms with Gasteiger partial charge in [-0.2, -0.15) is 4.98 Å². The topological polar surface area (TPSA) is 83.0 Å². The van der Waals surface area contributed by atoms with E-state index in [9.17, 15) is 4.79 Å². The number of likely N-dealkylation sites (tertiary alicyclic amines) is 1. The van der Waals surface area contributed by atoms with Crippen molar-refractivity contribution in [2.75, 3.05) is 27.0 Å². The highest BCUT2D eigenvalue weighted by Crippen LogP contribution is 2.32. The molecule has 1 amide bonds. The van der Waals surface area contributed by atoms with Crippen molar-refractivity contribution in [3.05, 3.63) is 42.2 Å². The first-order valence-electron chi connectivity index (χ1n) is 8.60. The molecular weight excluding hydrogens is 350 g/mol. The van der Waals surface area contributed by atoms with Crippen molar-refractivity contribution in [2.45, 2.75) is 12.5 Å². The third-order valence-corrected chi connectivity index (χ3v) is 4.36. The molecule has 0 saturated carbocycles. The number of rotatable bonds is 5. The largest absolute Gasteiger partial charge is 0.480 e. The third-order valence-electron chi connectivity index (χ3n) is 4.36. The molecule has 0 spiro atoms. The highest BCUT2D eigenvalue weighted by molar-refractivity contribution is 5.92. The van der Waals surface area contributed by atoms with Crippen LogP contribution in [0.2, 0.25) is 0 Å². The SMILES string of the molecule is COc1cncc(O[C@@H]2CCN(C(=O)/C=C/c3ccc4c(c3)OCO4)C2)n1. The Morgan fingerprint density at radius 2 is 2.11 bits per heavy atom. The minimum atomic E-state index is -0.116. The zero-order valence-corrected chi connectivity index (χ0v) is 14.8. The number of fused-ring (bicyclic) bond motifs is 1. The normalized spacial score (nSPS) is 18.1. The average Bonchev–Trinajstić information content (AvgIpc) is 3.35. The second-order valence-corrected chi connectivity index (χ2v) is 6.16. The van der Waals surface area contributed by atoms with Crippen molar-refractivity contribution in [3.63, 3.8) is 0 Å². The van der Waals surface area contributed by atoms with E-state index in [0.29, 0.717) is 30.6 Å². The molecule has 140 valence electrons. The van der Waals surface area contributed by atoms with Gasteiger partial charge in [-0.25, -0.2) is 0 Å². The molecule has 0 N–H and O–H groups in total. The van der Waals surface area contributed by atoms with Crippen molar-refractivity contribution >= 4 is 12.0 Å². The van der Waals surface area contributed by atoms with E-state index < -0.39 is 0 Å². The first kappa shape index (κ1) is 17.1. The maximum Gasteiger partial charge on any atom is 0.246 e. The molecule has 8 nitrogen and oxygen atoms in total. The molecular formula is C19H19N3O5. The number of methoxy groups -OCH3 is 1. The summed E-state index contributed by atoms with van der Waals surface area (Å²) >= 11 is 0. The lowest BCUT2D eigenvalue weighted by molar-refractivity contribution is -0.125. The molecule has 1 aromatic carbocycles. The Hall–Kier alpha value is -3.29. The van der Waals surface area contributed by atoms with E-state index in [1.165, 1.54) is 19.5 Å². The van der Waals surface area contributed by atoms with E-state index in [1.807, 2.05) is 18.2 Å². The van der Waals surface area contributed by atoms with Crippen LogP contribution < -0.4 is 18.9 Å². The van der Waals surface area contributed by atoms with E-state index in [4.69, 9.17) is 18.9 Å². The monoisotopic (exact) mass is 369 g/mol. The quantitative estimate of drug-likeness (QED) is 0.745. The fourth-order valence-electron chi connectivity index (χ4n) is 2.97. The van der Waals surface area contributed by atoms with Crippen molar-refractivity contribution in [3.8, 4) is 23.3 Å². The van der Waals surface area contributed by atoms with Crippen LogP contribution in [0.15, 0.2) is 36.7 Å². The number of hydrogen-bond donors (Lipinski definition) is 0. The van der Waals surface area contributed by atoms with Gasteiger partial charge in [-0.05, 0) is 23.8 Å².